The van der Waals surface area contributed by atoms with Crippen LogP contribution < -0.4 is 5.09 Å². The van der Waals surface area contributed by atoms with Crippen molar-refractivity contribution in [3.8, 4) is 0 Å². The van der Waals surface area contributed by atoms with Crippen LogP contribution in [-0.2, 0) is 0 Å². The lowest BCUT2D eigenvalue weighted by Crippen LogP contribution is -1.92. The van der Waals surface area contributed by atoms with Gasteiger partial charge in [0.05, 0.1) is 11.9 Å². The number of anilines is 1. The molecule has 0 aliphatic rings. The molecular formula is C6H7ClFN2P. The molecule has 0 spiro atoms. The maximum Gasteiger partial charge on any atom is 0.165 e. The molecule has 0 saturated carbocycles. The molecule has 1 N–H and O–H groups in total. The third kappa shape index (κ3) is 1.60. The third-order valence-electron chi connectivity index (χ3n) is 1.38. The molecular weight excluding hydrogens is 186 g/mol. The van der Waals surface area contributed by atoms with Gasteiger partial charge in [0.2, 0.25) is 0 Å². The van der Waals surface area contributed by atoms with E-state index in [0.29, 0.717) is 11.3 Å². The van der Waals surface area contributed by atoms with Crippen molar-refractivity contribution in [3.63, 3.8) is 0 Å². The summed E-state index contributed by atoms with van der Waals surface area (Å²) < 4.78 is 12.9. The van der Waals surface area contributed by atoms with Crippen molar-refractivity contribution in [2.24, 2.45) is 0 Å². The standard InChI is InChI=1S/C6H7ClFN2P/c1-3-4(10-11)2-9-6(7)5(3)8/h2,10H,11H2,1H3. The van der Waals surface area contributed by atoms with Crippen molar-refractivity contribution < 1.29 is 4.39 Å². The Balaban J connectivity index is 3.25. The Morgan fingerprint density at radius 3 is 2.91 bits per heavy atom. The summed E-state index contributed by atoms with van der Waals surface area (Å²) in [4.78, 5) is 3.62. The summed E-state index contributed by atoms with van der Waals surface area (Å²) in [5.41, 5.74) is 1.09. The van der Waals surface area contributed by atoms with Crippen LogP contribution in [0.25, 0.3) is 0 Å². The normalized spacial score (nSPS) is 9.82. The SMILES string of the molecule is Cc1c(NP)cnc(Cl)c1F. The first-order chi connectivity index (χ1) is 5.16. The Kier molecular flexibility index (Phi) is 2.63. The van der Waals surface area contributed by atoms with Gasteiger partial charge < -0.3 is 5.09 Å². The van der Waals surface area contributed by atoms with Crippen molar-refractivity contribution in [3.05, 3.63) is 22.7 Å². The van der Waals surface area contributed by atoms with Gasteiger partial charge in [-0.15, -0.1) is 0 Å². The van der Waals surface area contributed by atoms with Crippen LogP contribution in [0, 0.1) is 12.7 Å². The van der Waals surface area contributed by atoms with Crippen LogP contribution in [0.2, 0.25) is 5.15 Å². The van der Waals surface area contributed by atoms with Gasteiger partial charge in [0.15, 0.2) is 11.0 Å². The number of aromatic nitrogens is 1. The molecule has 0 aliphatic heterocycles. The molecule has 0 aliphatic carbocycles. The Morgan fingerprint density at radius 2 is 2.36 bits per heavy atom. The summed E-state index contributed by atoms with van der Waals surface area (Å²) in [7, 11) is 2.27. The molecule has 0 radical (unpaired) electrons. The number of nitrogens with one attached hydrogen (secondary N) is 1. The van der Waals surface area contributed by atoms with Gasteiger partial charge in [-0.1, -0.05) is 11.6 Å². The smallest absolute Gasteiger partial charge is 0.165 e. The molecule has 0 amide bonds. The van der Waals surface area contributed by atoms with Gasteiger partial charge in [0, 0.05) is 5.56 Å². The number of hydrogen-bond acceptors (Lipinski definition) is 2. The number of hydrogen-bond donors (Lipinski definition) is 1. The number of pyridine rings is 1. The molecule has 1 aromatic rings. The summed E-state index contributed by atoms with van der Waals surface area (Å²) in [5, 5.41) is 2.63. The van der Waals surface area contributed by atoms with E-state index in [9.17, 15) is 4.39 Å². The first kappa shape index (κ1) is 8.69. The Morgan fingerprint density at radius 1 is 1.73 bits per heavy atom. The molecule has 60 valence electrons. The highest BCUT2D eigenvalue weighted by Crippen LogP contribution is 2.22. The maximum absolute atomic E-state index is 12.9. The second-order valence-electron chi connectivity index (χ2n) is 2.05. The van der Waals surface area contributed by atoms with Gasteiger partial charge in [0.25, 0.3) is 0 Å². The van der Waals surface area contributed by atoms with Gasteiger partial charge in [0.1, 0.15) is 0 Å². The Hall–Kier alpha value is -0.400. The van der Waals surface area contributed by atoms with Crippen LogP contribution in [0.1, 0.15) is 5.56 Å². The molecule has 1 aromatic heterocycles. The topological polar surface area (TPSA) is 24.9 Å². The highest BCUT2D eigenvalue weighted by molar-refractivity contribution is 7.18. The first-order valence-corrected chi connectivity index (χ1v) is 3.89. The lowest BCUT2D eigenvalue weighted by atomic mass is 10.2. The van der Waals surface area contributed by atoms with E-state index in [1.807, 2.05) is 0 Å². The van der Waals surface area contributed by atoms with Crippen molar-refractivity contribution in [1.82, 2.24) is 4.98 Å². The van der Waals surface area contributed by atoms with E-state index in [0.717, 1.165) is 0 Å². The fourth-order valence-electron chi connectivity index (χ4n) is 0.693. The highest BCUT2D eigenvalue weighted by Gasteiger charge is 2.07. The molecule has 0 fully saturated rings. The molecule has 1 rings (SSSR count). The zero-order chi connectivity index (χ0) is 8.43. The zero-order valence-corrected chi connectivity index (χ0v) is 7.77. The molecule has 0 saturated heterocycles. The fraction of sp³-hybridized carbons (Fsp3) is 0.167. The summed E-state index contributed by atoms with van der Waals surface area (Å²) in [6.07, 6.45) is 1.48. The van der Waals surface area contributed by atoms with Gasteiger partial charge in [-0.25, -0.2) is 9.37 Å². The van der Waals surface area contributed by atoms with E-state index in [1.165, 1.54) is 6.20 Å². The van der Waals surface area contributed by atoms with Crippen molar-refractivity contribution in [2.75, 3.05) is 5.09 Å². The molecule has 1 heterocycles. The number of halogens is 2. The average molecular weight is 193 g/mol. The van der Waals surface area contributed by atoms with Crippen molar-refractivity contribution >= 4 is 26.7 Å². The predicted octanol–water partition coefficient (Wildman–Crippen LogP) is 2.38. The van der Waals surface area contributed by atoms with E-state index in [-0.39, 0.29) is 5.15 Å². The molecule has 0 aromatic carbocycles. The number of rotatable bonds is 1. The van der Waals surface area contributed by atoms with E-state index in [4.69, 9.17) is 11.6 Å². The Bertz CT molecular complexity index is 280. The fourth-order valence-corrected chi connectivity index (χ4v) is 1.17. The quantitative estimate of drug-likeness (QED) is 0.546. The minimum Gasteiger partial charge on any atom is -0.368 e. The van der Waals surface area contributed by atoms with Crippen molar-refractivity contribution in [1.29, 1.82) is 0 Å². The van der Waals surface area contributed by atoms with Crippen molar-refractivity contribution in [2.45, 2.75) is 6.92 Å². The van der Waals surface area contributed by atoms with Crippen LogP contribution in [0.4, 0.5) is 10.1 Å². The van der Waals surface area contributed by atoms with Crippen LogP contribution in [0.15, 0.2) is 6.20 Å². The summed E-state index contributed by atoms with van der Waals surface area (Å²) in [6.45, 7) is 1.63. The van der Waals surface area contributed by atoms with Crippen LogP contribution in [0.3, 0.4) is 0 Å². The Labute approximate surface area is 71.4 Å². The zero-order valence-electron chi connectivity index (χ0n) is 5.86. The number of nitrogens with zero attached hydrogens (tertiary/aromatic N) is 1. The van der Waals surface area contributed by atoms with Crippen LogP contribution in [0.5, 0.6) is 0 Å². The second-order valence-corrected chi connectivity index (χ2v) is 2.69. The highest BCUT2D eigenvalue weighted by atomic mass is 35.5. The van der Waals surface area contributed by atoms with Crippen LogP contribution >= 0.6 is 21.0 Å². The molecule has 1 atom stereocenters. The van der Waals surface area contributed by atoms with E-state index < -0.39 is 5.82 Å². The summed E-state index contributed by atoms with van der Waals surface area (Å²) in [5.74, 6) is -0.473. The molecule has 2 nitrogen and oxygen atoms in total. The minimum absolute atomic E-state index is 0.0912. The van der Waals surface area contributed by atoms with Gasteiger partial charge >= 0.3 is 0 Å². The lowest BCUT2D eigenvalue weighted by Gasteiger charge is -2.04. The third-order valence-corrected chi connectivity index (χ3v) is 1.95. The molecule has 1 unspecified atom stereocenters. The lowest BCUT2D eigenvalue weighted by molar-refractivity contribution is 0.613. The van der Waals surface area contributed by atoms with Gasteiger partial charge in [-0.2, -0.15) is 0 Å². The van der Waals surface area contributed by atoms with Crippen LogP contribution in [-0.4, -0.2) is 4.98 Å². The largest absolute Gasteiger partial charge is 0.368 e. The van der Waals surface area contributed by atoms with E-state index >= 15 is 0 Å². The first-order valence-electron chi connectivity index (χ1n) is 2.94. The summed E-state index contributed by atoms with van der Waals surface area (Å²) in [6, 6.07) is 0. The average Bonchev–Trinajstić information content (AvgIpc) is 2.01. The molecule has 0 bridgehead atoms. The summed E-state index contributed by atoms with van der Waals surface area (Å²) >= 11 is 5.42. The molecule has 5 heteroatoms. The van der Waals surface area contributed by atoms with E-state index in [2.05, 4.69) is 19.5 Å². The second kappa shape index (κ2) is 3.33. The van der Waals surface area contributed by atoms with Gasteiger partial charge in [-0.3, -0.25) is 0 Å². The maximum atomic E-state index is 12.9. The van der Waals surface area contributed by atoms with Gasteiger partial charge in [-0.05, 0) is 16.3 Å². The predicted molar refractivity (Wildman–Crippen MR) is 47.3 cm³/mol. The molecule has 11 heavy (non-hydrogen) atoms. The minimum atomic E-state index is -0.473. The monoisotopic (exact) mass is 192 g/mol. The van der Waals surface area contributed by atoms with E-state index in [1.54, 1.807) is 6.92 Å².